The molecule has 2 aromatic carbocycles. The molecule has 0 unspecified atom stereocenters. The maximum atomic E-state index is 13.2. The molecule has 1 heterocycles. The fourth-order valence-electron chi connectivity index (χ4n) is 2.91. The second kappa shape index (κ2) is 10.2. The molecule has 0 aliphatic rings. The normalized spacial score (nSPS) is 11.1. The molecule has 0 spiro atoms. The van der Waals surface area contributed by atoms with Crippen molar-refractivity contribution in [1.82, 2.24) is 0 Å². The Balaban J connectivity index is 1.75. The number of carbonyl (C=O) groups is 2. The highest BCUT2D eigenvalue weighted by Gasteiger charge is 2.25. The number of thiophene rings is 1. The second-order valence-electron chi connectivity index (χ2n) is 6.68. The smallest absolute Gasteiger partial charge is 0.348 e. The lowest BCUT2D eigenvalue weighted by molar-refractivity contribution is -0.119. The number of rotatable bonds is 8. The molecule has 0 aliphatic heterocycles. The summed E-state index contributed by atoms with van der Waals surface area (Å²) in [5.41, 5.74) is 0.621. The number of aryl methyl sites for hydroxylation is 1. The van der Waals surface area contributed by atoms with E-state index in [0.29, 0.717) is 10.6 Å². The van der Waals surface area contributed by atoms with Gasteiger partial charge in [-0.25, -0.2) is 13.2 Å². The molecule has 0 radical (unpaired) electrons. The zero-order valence-electron chi connectivity index (χ0n) is 17.4. The predicted octanol–water partition coefficient (Wildman–Crippen LogP) is 4.72. The maximum Gasteiger partial charge on any atom is 0.348 e. The molecule has 0 aliphatic carbocycles. The van der Waals surface area contributed by atoms with Crippen LogP contribution in [0.15, 0.2) is 65.6 Å². The number of benzene rings is 2. The lowest BCUT2D eigenvalue weighted by atomic mass is 10.3. The van der Waals surface area contributed by atoms with Crippen molar-refractivity contribution in [3.05, 3.63) is 75.4 Å². The van der Waals surface area contributed by atoms with Crippen LogP contribution in [0, 0.1) is 6.92 Å². The van der Waals surface area contributed by atoms with E-state index in [4.69, 9.17) is 16.3 Å². The van der Waals surface area contributed by atoms with Crippen molar-refractivity contribution in [2.24, 2.45) is 0 Å². The minimum Gasteiger partial charge on any atom is -0.451 e. The number of esters is 1. The van der Waals surface area contributed by atoms with Gasteiger partial charge in [-0.3, -0.25) is 9.10 Å². The topological polar surface area (TPSA) is 92.8 Å². The van der Waals surface area contributed by atoms with Gasteiger partial charge in [-0.05, 0) is 56.3 Å². The molecule has 1 amide bonds. The van der Waals surface area contributed by atoms with Crippen molar-refractivity contribution in [3.8, 4) is 0 Å². The van der Waals surface area contributed by atoms with Crippen LogP contribution in [-0.2, 0) is 19.6 Å². The summed E-state index contributed by atoms with van der Waals surface area (Å²) in [4.78, 5) is 25.6. The van der Waals surface area contributed by atoms with Gasteiger partial charge in [-0.15, -0.1) is 11.3 Å². The van der Waals surface area contributed by atoms with Gasteiger partial charge in [0.2, 0.25) is 0 Å². The summed E-state index contributed by atoms with van der Waals surface area (Å²) >= 11 is 7.42. The molecule has 0 fully saturated rings. The van der Waals surface area contributed by atoms with E-state index < -0.39 is 28.5 Å². The van der Waals surface area contributed by atoms with Crippen LogP contribution in [0.2, 0.25) is 5.02 Å². The molecule has 0 atom stereocenters. The van der Waals surface area contributed by atoms with E-state index in [-0.39, 0.29) is 22.2 Å². The third-order valence-corrected chi connectivity index (χ3v) is 7.62. The molecule has 0 saturated heterocycles. The summed E-state index contributed by atoms with van der Waals surface area (Å²) in [7, 11) is -3.90. The Kier molecular flexibility index (Phi) is 7.55. The highest BCUT2D eigenvalue weighted by molar-refractivity contribution is 7.92. The third-order valence-electron chi connectivity index (χ3n) is 4.41. The summed E-state index contributed by atoms with van der Waals surface area (Å²) < 4.78 is 32.7. The number of sulfonamides is 1. The fraction of sp³-hybridized carbons (Fsp3) is 0.182. The summed E-state index contributed by atoms with van der Waals surface area (Å²) in [5.74, 6) is -1.25. The Morgan fingerprint density at radius 3 is 2.44 bits per heavy atom. The van der Waals surface area contributed by atoms with E-state index >= 15 is 0 Å². The van der Waals surface area contributed by atoms with Crippen LogP contribution in [-0.4, -0.2) is 33.4 Å². The largest absolute Gasteiger partial charge is 0.451 e. The highest BCUT2D eigenvalue weighted by Crippen LogP contribution is 2.29. The molecular formula is C22H21ClN2O5S2. The van der Waals surface area contributed by atoms with Gasteiger partial charge in [0.15, 0.2) is 6.61 Å². The molecule has 3 rings (SSSR count). The minimum absolute atomic E-state index is 0.0334. The number of hydrogen-bond acceptors (Lipinski definition) is 6. The Bertz CT molecular complexity index is 1230. The molecule has 32 heavy (non-hydrogen) atoms. The van der Waals surface area contributed by atoms with Crippen molar-refractivity contribution >= 4 is 56.2 Å². The van der Waals surface area contributed by atoms with Crippen molar-refractivity contribution in [1.29, 1.82) is 0 Å². The summed E-state index contributed by atoms with van der Waals surface area (Å²) in [5, 5.41) is 2.66. The average Bonchev–Trinajstić information content (AvgIpc) is 3.21. The number of ether oxygens (including phenoxy) is 1. The molecular weight excluding hydrogens is 472 g/mol. The lowest BCUT2D eigenvalue weighted by Gasteiger charge is -2.23. The average molecular weight is 493 g/mol. The summed E-state index contributed by atoms with van der Waals surface area (Å²) in [6.45, 7) is 3.27. The Morgan fingerprint density at radius 1 is 1.09 bits per heavy atom. The first-order valence-electron chi connectivity index (χ1n) is 9.63. The monoisotopic (exact) mass is 492 g/mol. The first kappa shape index (κ1) is 23.8. The predicted molar refractivity (Wildman–Crippen MR) is 126 cm³/mol. The first-order chi connectivity index (χ1) is 15.2. The quantitative estimate of drug-likeness (QED) is 0.459. The number of halogens is 1. The van der Waals surface area contributed by atoms with E-state index in [9.17, 15) is 18.0 Å². The molecule has 168 valence electrons. The standard InChI is InChI=1S/C22H21ClN2O5S2/c1-3-25(16-7-5-4-6-8-16)32(28,29)17-10-11-18(23)19(13-17)24-21(26)14-30-22(27)20-12-9-15(2)31-20/h4-13H,3,14H2,1-2H3,(H,24,26). The fourth-order valence-corrected chi connectivity index (χ4v) is 5.33. The van der Waals surface area contributed by atoms with E-state index in [1.54, 1.807) is 49.4 Å². The molecule has 1 aromatic heterocycles. The Hall–Kier alpha value is -2.88. The zero-order valence-corrected chi connectivity index (χ0v) is 19.8. The Morgan fingerprint density at radius 2 is 1.81 bits per heavy atom. The van der Waals surface area contributed by atoms with Gasteiger partial charge in [-0.2, -0.15) is 0 Å². The highest BCUT2D eigenvalue weighted by atomic mass is 35.5. The zero-order chi connectivity index (χ0) is 23.3. The van der Waals surface area contributed by atoms with E-state index in [1.165, 1.54) is 33.8 Å². The van der Waals surface area contributed by atoms with Gasteiger partial charge in [0.1, 0.15) is 4.88 Å². The van der Waals surface area contributed by atoms with Gasteiger partial charge in [0, 0.05) is 11.4 Å². The second-order valence-corrected chi connectivity index (χ2v) is 10.2. The number of hydrogen-bond donors (Lipinski definition) is 1. The minimum atomic E-state index is -3.90. The van der Waals surface area contributed by atoms with Crippen LogP contribution in [0.5, 0.6) is 0 Å². The molecule has 10 heteroatoms. The van der Waals surface area contributed by atoms with Crippen LogP contribution in [0.3, 0.4) is 0 Å². The lowest BCUT2D eigenvalue weighted by Crippen LogP contribution is -2.30. The van der Waals surface area contributed by atoms with E-state index in [1.807, 2.05) is 6.92 Å². The van der Waals surface area contributed by atoms with Gasteiger partial charge in [-0.1, -0.05) is 29.8 Å². The SMILES string of the molecule is CCN(c1ccccc1)S(=O)(=O)c1ccc(Cl)c(NC(=O)COC(=O)c2ccc(C)s2)c1. The number of anilines is 2. The molecule has 1 N–H and O–H groups in total. The number of para-hydroxylation sites is 1. The van der Waals surface area contributed by atoms with Gasteiger partial charge < -0.3 is 10.1 Å². The van der Waals surface area contributed by atoms with Crippen molar-refractivity contribution in [2.45, 2.75) is 18.7 Å². The molecule has 3 aromatic rings. The molecule has 7 nitrogen and oxygen atoms in total. The molecule has 0 saturated carbocycles. The molecule has 0 bridgehead atoms. The van der Waals surface area contributed by atoms with E-state index in [2.05, 4.69) is 5.32 Å². The van der Waals surface area contributed by atoms with E-state index in [0.717, 1.165) is 4.88 Å². The van der Waals surface area contributed by atoms with Gasteiger partial charge in [0.05, 0.1) is 21.3 Å². The van der Waals surface area contributed by atoms with Crippen LogP contribution >= 0.6 is 22.9 Å². The van der Waals surface area contributed by atoms with Crippen molar-refractivity contribution in [3.63, 3.8) is 0 Å². The van der Waals surface area contributed by atoms with Crippen molar-refractivity contribution in [2.75, 3.05) is 22.8 Å². The van der Waals surface area contributed by atoms with Crippen molar-refractivity contribution < 1.29 is 22.7 Å². The first-order valence-corrected chi connectivity index (χ1v) is 12.3. The number of nitrogens with one attached hydrogen (secondary N) is 1. The summed E-state index contributed by atoms with van der Waals surface area (Å²) in [6.07, 6.45) is 0. The number of nitrogens with zero attached hydrogens (tertiary/aromatic N) is 1. The van der Waals surface area contributed by atoms with Crippen LogP contribution in [0.1, 0.15) is 21.5 Å². The third kappa shape index (κ3) is 5.48. The maximum absolute atomic E-state index is 13.2. The van der Waals surface area contributed by atoms with Gasteiger partial charge >= 0.3 is 5.97 Å². The number of carbonyl (C=O) groups excluding carboxylic acids is 2. The van der Waals surface area contributed by atoms with Crippen LogP contribution < -0.4 is 9.62 Å². The number of amides is 1. The Labute approximate surface area is 195 Å². The van der Waals surface area contributed by atoms with Crippen LogP contribution in [0.25, 0.3) is 0 Å². The van der Waals surface area contributed by atoms with Crippen LogP contribution in [0.4, 0.5) is 11.4 Å². The summed E-state index contributed by atoms with van der Waals surface area (Å²) in [6, 6.07) is 16.1. The van der Waals surface area contributed by atoms with Gasteiger partial charge in [0.25, 0.3) is 15.9 Å².